The first kappa shape index (κ1) is 29.7. The Hall–Kier alpha value is -4.35. The molecule has 5 aromatic rings. The van der Waals surface area contributed by atoms with Gasteiger partial charge in [0.05, 0.1) is 38.6 Å². The zero-order valence-electron chi connectivity index (χ0n) is 23.6. The van der Waals surface area contributed by atoms with Gasteiger partial charge < -0.3 is 14.4 Å². The smallest absolute Gasteiger partial charge is 0.478 e. The Morgan fingerprint density at radius 3 is 2.43 bits per heavy atom. The third-order valence-electron chi connectivity index (χ3n) is 7.40. The molecule has 0 aliphatic heterocycles. The predicted molar refractivity (Wildman–Crippen MR) is 161 cm³/mol. The fourth-order valence-electron chi connectivity index (χ4n) is 5.18. The number of carboxylic acids is 1. The Morgan fingerprint density at radius 2 is 1.77 bits per heavy atom. The zero-order valence-corrected chi connectivity index (χ0v) is 25.2. The van der Waals surface area contributed by atoms with Crippen LogP contribution in [0.1, 0.15) is 59.9 Å². The van der Waals surface area contributed by atoms with Crippen LogP contribution in [0.25, 0.3) is 16.6 Å². The third kappa shape index (κ3) is 5.41. The van der Waals surface area contributed by atoms with E-state index in [4.69, 9.17) is 21.2 Å². The number of fused-ring (bicyclic) bond motifs is 1. The van der Waals surface area contributed by atoms with Crippen molar-refractivity contribution >= 4 is 46.4 Å². The van der Waals surface area contributed by atoms with Gasteiger partial charge in [0.2, 0.25) is 0 Å². The third-order valence-corrected chi connectivity index (χ3v) is 8.98. The lowest BCUT2D eigenvalue weighted by molar-refractivity contribution is 0.0689. The molecule has 0 radical (unpaired) electrons. The summed E-state index contributed by atoms with van der Waals surface area (Å²) >= 11 is 7.37. The van der Waals surface area contributed by atoms with Crippen molar-refractivity contribution in [2.45, 2.75) is 55.2 Å². The average Bonchev–Trinajstić information content (AvgIpc) is 3.69. The molecule has 0 unspecified atom stereocenters. The van der Waals surface area contributed by atoms with Crippen molar-refractivity contribution in [2.75, 3.05) is 0 Å². The number of aromatic nitrogens is 3. The number of rotatable bonds is 9. The molecule has 8 nitrogen and oxygen atoms in total. The monoisotopic (exact) mass is 637 g/mol. The van der Waals surface area contributed by atoms with E-state index in [2.05, 4.69) is 5.10 Å². The lowest BCUT2D eigenvalue weighted by atomic mass is 10.1. The second-order valence-corrected chi connectivity index (χ2v) is 11.7. The van der Waals surface area contributed by atoms with Gasteiger partial charge in [0.1, 0.15) is 5.75 Å². The summed E-state index contributed by atoms with van der Waals surface area (Å²) < 4.78 is 38.6. The number of aryl methyl sites for hydroxylation is 2. The summed E-state index contributed by atoms with van der Waals surface area (Å²) in [5, 5.41) is 14.4. The lowest BCUT2D eigenvalue weighted by Crippen LogP contribution is -2.23. The number of aromatic carboxylic acids is 1. The molecule has 0 atom stereocenters. The Morgan fingerprint density at radius 1 is 1.02 bits per heavy atom. The van der Waals surface area contributed by atoms with Crippen LogP contribution in [0.3, 0.4) is 0 Å². The Labute approximate surface area is 260 Å². The quantitative estimate of drug-likeness (QED) is 0.128. The van der Waals surface area contributed by atoms with Gasteiger partial charge in [-0.05, 0) is 61.6 Å². The molecule has 0 saturated heterocycles. The van der Waals surface area contributed by atoms with E-state index in [0.29, 0.717) is 40.1 Å². The number of carboxylic acid groups (broad SMARTS) is 1. The minimum Gasteiger partial charge on any atom is -0.478 e. The highest BCUT2D eigenvalue weighted by Gasteiger charge is 2.36. The van der Waals surface area contributed by atoms with Crippen LogP contribution in [0.2, 0.25) is 5.02 Å². The summed E-state index contributed by atoms with van der Waals surface area (Å²) in [5.74, 6) is -2.59. The molecule has 1 aliphatic rings. The molecular weight excluding hydrogens is 612 g/mol. The number of nitrogens with zero attached hydrogens (tertiary/aromatic N) is 3. The normalized spacial score (nSPS) is 12.9. The molecule has 6 rings (SSSR count). The standard InChI is InChI=1S/C32H26ClF2N3O5S/c1-3-17-12-13-20(31(39)40)25(34)29(17)44-30-21-14-15-22(33)26(35)28(21)38(27(30)18-10-11-18)24-16-37(36-23(24)4-2)43-32(41)42-19-8-6-5-7-9-19/h5-9,12-16,18H,3-4,10-11H2,1-2H3,(H,39,40). The van der Waals surface area contributed by atoms with Crippen LogP contribution in [0.5, 0.6) is 5.75 Å². The first-order valence-corrected chi connectivity index (χ1v) is 15.2. The van der Waals surface area contributed by atoms with Gasteiger partial charge in [-0.1, -0.05) is 66.3 Å². The summed E-state index contributed by atoms with van der Waals surface area (Å²) in [7, 11) is 0. The Bertz CT molecular complexity index is 1920. The minimum atomic E-state index is -1.37. The van der Waals surface area contributed by atoms with E-state index >= 15 is 8.78 Å². The molecule has 1 aliphatic carbocycles. The highest BCUT2D eigenvalue weighted by Crippen LogP contribution is 2.52. The zero-order chi connectivity index (χ0) is 31.1. The lowest BCUT2D eigenvalue weighted by Gasteiger charge is -2.14. The van der Waals surface area contributed by atoms with Crippen LogP contribution < -0.4 is 9.57 Å². The van der Waals surface area contributed by atoms with Crippen molar-refractivity contribution in [2.24, 2.45) is 0 Å². The summed E-state index contributed by atoms with van der Waals surface area (Å²) in [6, 6.07) is 14.4. The molecule has 1 fully saturated rings. The van der Waals surface area contributed by atoms with E-state index < -0.39 is 29.3 Å². The maximum Gasteiger partial charge on any atom is 0.540 e. The molecule has 2 heterocycles. The second kappa shape index (κ2) is 12.0. The fraction of sp³-hybridized carbons (Fsp3) is 0.219. The van der Waals surface area contributed by atoms with Crippen molar-refractivity contribution in [3.05, 3.63) is 100.0 Å². The maximum atomic E-state index is 16.0. The van der Waals surface area contributed by atoms with Gasteiger partial charge in [0.15, 0.2) is 11.6 Å². The van der Waals surface area contributed by atoms with Crippen LogP contribution in [0.15, 0.2) is 70.6 Å². The van der Waals surface area contributed by atoms with Crippen LogP contribution in [0, 0.1) is 11.6 Å². The molecule has 0 bridgehead atoms. The van der Waals surface area contributed by atoms with Crippen LogP contribution in [-0.4, -0.2) is 31.7 Å². The van der Waals surface area contributed by atoms with E-state index in [9.17, 15) is 14.7 Å². The number of carbonyl (C=O) groups is 2. The molecule has 12 heteroatoms. The average molecular weight is 638 g/mol. The van der Waals surface area contributed by atoms with E-state index in [0.717, 1.165) is 35.1 Å². The molecule has 1 N–H and O–H groups in total. The van der Waals surface area contributed by atoms with E-state index in [-0.39, 0.29) is 27.1 Å². The number of benzene rings is 3. The van der Waals surface area contributed by atoms with E-state index in [1.807, 2.05) is 13.8 Å². The van der Waals surface area contributed by atoms with Crippen LogP contribution in [0.4, 0.5) is 13.6 Å². The van der Waals surface area contributed by atoms with Crippen molar-refractivity contribution in [3.63, 3.8) is 0 Å². The number of carbonyl (C=O) groups excluding carboxylic acids is 1. The minimum absolute atomic E-state index is 0.0101. The SMILES string of the molecule is CCc1ccc(C(=O)O)c(F)c1Sc1c(C2CC2)n(-c2cn(OC(=O)Oc3ccccc3)nc2CC)c2c(F)c(Cl)ccc12. The molecule has 0 spiro atoms. The highest BCUT2D eigenvalue weighted by atomic mass is 35.5. The van der Waals surface area contributed by atoms with Gasteiger partial charge in [-0.25, -0.2) is 18.4 Å². The topological polar surface area (TPSA) is 95.6 Å². The van der Waals surface area contributed by atoms with Gasteiger partial charge in [-0.3, -0.25) is 4.84 Å². The number of para-hydroxylation sites is 1. The highest BCUT2D eigenvalue weighted by molar-refractivity contribution is 7.99. The summed E-state index contributed by atoms with van der Waals surface area (Å²) in [5.41, 5.74) is 2.02. The van der Waals surface area contributed by atoms with Crippen molar-refractivity contribution in [3.8, 4) is 11.4 Å². The molecule has 226 valence electrons. The van der Waals surface area contributed by atoms with E-state index in [1.165, 1.54) is 18.3 Å². The predicted octanol–water partition coefficient (Wildman–Crippen LogP) is 8.24. The first-order chi connectivity index (χ1) is 21.2. The Kier molecular flexibility index (Phi) is 8.08. The Balaban J connectivity index is 1.52. The summed E-state index contributed by atoms with van der Waals surface area (Å²) in [6.07, 6.45) is 2.94. The van der Waals surface area contributed by atoms with Crippen LogP contribution in [-0.2, 0) is 12.8 Å². The molecule has 44 heavy (non-hydrogen) atoms. The van der Waals surface area contributed by atoms with Crippen molar-refractivity contribution < 1.29 is 33.1 Å². The fourth-order valence-corrected chi connectivity index (χ4v) is 6.72. The number of ether oxygens (including phenoxy) is 1. The maximum absolute atomic E-state index is 16.0. The van der Waals surface area contributed by atoms with Gasteiger partial charge in [-0.2, -0.15) is 0 Å². The van der Waals surface area contributed by atoms with E-state index in [1.54, 1.807) is 47.0 Å². The number of halogens is 3. The molecule has 2 aromatic heterocycles. The first-order valence-electron chi connectivity index (χ1n) is 14.0. The molecule has 3 aromatic carbocycles. The van der Waals surface area contributed by atoms with Gasteiger partial charge in [0.25, 0.3) is 0 Å². The summed E-state index contributed by atoms with van der Waals surface area (Å²) in [4.78, 5) is 31.4. The van der Waals surface area contributed by atoms with Gasteiger partial charge in [0, 0.05) is 21.9 Å². The van der Waals surface area contributed by atoms with Crippen molar-refractivity contribution in [1.82, 2.24) is 14.5 Å². The van der Waals surface area contributed by atoms with Gasteiger partial charge >= 0.3 is 12.1 Å². The molecular formula is C32H26ClF2N3O5S. The second-order valence-electron chi connectivity index (χ2n) is 10.2. The molecule has 1 saturated carbocycles. The molecule has 0 amide bonds. The largest absolute Gasteiger partial charge is 0.540 e. The van der Waals surface area contributed by atoms with Crippen LogP contribution >= 0.6 is 23.4 Å². The number of hydrogen-bond donors (Lipinski definition) is 1. The number of hydrogen-bond acceptors (Lipinski definition) is 6. The summed E-state index contributed by atoms with van der Waals surface area (Å²) in [6.45, 7) is 3.72. The van der Waals surface area contributed by atoms with Gasteiger partial charge in [-0.15, -0.1) is 5.10 Å². The van der Waals surface area contributed by atoms with Crippen molar-refractivity contribution in [1.29, 1.82) is 0 Å².